The normalized spacial score (nSPS) is 15.0. The Hall–Kier alpha value is -0.850. The molecular formula is C20H26ClIN2O. The molecule has 0 amide bonds. The Bertz CT molecular complexity index is 718. The SMILES string of the molecule is Cc1cc(C(=O)CCN2CCCCC2)c(C)n1-c1ccc(Cl)cc1.I. The van der Waals surface area contributed by atoms with E-state index in [-0.39, 0.29) is 29.8 Å². The van der Waals surface area contributed by atoms with Crippen LogP contribution in [0.2, 0.25) is 5.02 Å². The molecule has 1 aliphatic rings. The standard InChI is InChI=1S/C20H25ClN2O.HI/c1-15-14-19(20(24)10-13-22-11-4-3-5-12-22)16(2)23(15)18-8-6-17(21)7-9-18;/h6-9,14H,3-5,10-13H2,1-2H3;1H. The summed E-state index contributed by atoms with van der Waals surface area (Å²) in [5.41, 5.74) is 3.98. The van der Waals surface area contributed by atoms with Crippen molar-refractivity contribution < 1.29 is 4.79 Å². The number of likely N-dealkylation sites (tertiary alicyclic amines) is 1. The summed E-state index contributed by atoms with van der Waals surface area (Å²) in [6, 6.07) is 9.76. The summed E-state index contributed by atoms with van der Waals surface area (Å²) in [5, 5.41) is 0.721. The minimum absolute atomic E-state index is 0. The van der Waals surface area contributed by atoms with E-state index < -0.39 is 0 Å². The predicted octanol–water partition coefficient (Wildman–Crippen LogP) is 5.42. The van der Waals surface area contributed by atoms with Crippen molar-refractivity contribution in [3.8, 4) is 5.69 Å². The second-order valence-corrected chi connectivity index (χ2v) is 7.11. The Balaban J connectivity index is 0.00000225. The van der Waals surface area contributed by atoms with Gasteiger partial charge in [-0.25, -0.2) is 0 Å². The number of carbonyl (C=O) groups excluding carboxylic acids is 1. The molecule has 1 saturated heterocycles. The Kier molecular flexibility index (Phi) is 7.52. The zero-order valence-electron chi connectivity index (χ0n) is 14.9. The van der Waals surface area contributed by atoms with Gasteiger partial charge >= 0.3 is 0 Å². The first-order valence-electron chi connectivity index (χ1n) is 8.76. The highest BCUT2D eigenvalue weighted by Crippen LogP contribution is 2.23. The lowest BCUT2D eigenvalue weighted by Gasteiger charge is -2.25. The van der Waals surface area contributed by atoms with Crippen molar-refractivity contribution in [2.45, 2.75) is 39.5 Å². The third-order valence-electron chi connectivity index (χ3n) is 4.92. The van der Waals surface area contributed by atoms with E-state index in [0.717, 1.165) is 47.3 Å². The minimum atomic E-state index is 0. The number of aryl methyl sites for hydroxylation is 1. The molecule has 0 spiro atoms. The summed E-state index contributed by atoms with van der Waals surface area (Å²) in [6.45, 7) is 7.22. The fourth-order valence-electron chi connectivity index (χ4n) is 3.61. The molecule has 0 unspecified atom stereocenters. The van der Waals surface area contributed by atoms with Crippen LogP contribution in [0.4, 0.5) is 0 Å². The van der Waals surface area contributed by atoms with Gasteiger partial charge in [0.1, 0.15) is 0 Å². The molecule has 1 fully saturated rings. The van der Waals surface area contributed by atoms with Gasteiger partial charge in [-0.3, -0.25) is 4.79 Å². The number of hydrogen-bond acceptors (Lipinski definition) is 2. The topological polar surface area (TPSA) is 25.2 Å². The second kappa shape index (κ2) is 9.19. The van der Waals surface area contributed by atoms with Gasteiger partial charge in [0.25, 0.3) is 0 Å². The number of halogens is 2. The molecule has 0 saturated carbocycles. The van der Waals surface area contributed by atoms with E-state index in [2.05, 4.69) is 9.47 Å². The number of hydrogen-bond donors (Lipinski definition) is 0. The zero-order valence-corrected chi connectivity index (χ0v) is 18.0. The van der Waals surface area contributed by atoms with E-state index >= 15 is 0 Å². The number of Topliss-reactive ketones (excluding diaryl/α,β-unsaturated/α-hetero) is 1. The molecule has 0 radical (unpaired) electrons. The van der Waals surface area contributed by atoms with Crippen LogP contribution in [0.5, 0.6) is 0 Å². The molecule has 25 heavy (non-hydrogen) atoms. The van der Waals surface area contributed by atoms with Crippen LogP contribution >= 0.6 is 35.6 Å². The third kappa shape index (κ3) is 4.86. The van der Waals surface area contributed by atoms with Crippen LogP contribution in [-0.2, 0) is 0 Å². The smallest absolute Gasteiger partial charge is 0.165 e. The van der Waals surface area contributed by atoms with Crippen LogP contribution in [0.15, 0.2) is 30.3 Å². The Labute approximate surface area is 172 Å². The van der Waals surface area contributed by atoms with Crippen LogP contribution in [-0.4, -0.2) is 34.9 Å². The minimum Gasteiger partial charge on any atom is -0.318 e. The summed E-state index contributed by atoms with van der Waals surface area (Å²) < 4.78 is 2.13. The number of nitrogens with zero attached hydrogens (tertiary/aromatic N) is 2. The number of carbonyl (C=O) groups is 1. The molecule has 0 atom stereocenters. The van der Waals surface area contributed by atoms with Crippen LogP contribution in [0.25, 0.3) is 5.69 Å². The number of benzene rings is 1. The predicted molar refractivity (Wildman–Crippen MR) is 115 cm³/mol. The van der Waals surface area contributed by atoms with E-state index in [1.165, 1.54) is 19.3 Å². The lowest BCUT2D eigenvalue weighted by Crippen LogP contribution is -2.31. The molecule has 1 aromatic heterocycles. The van der Waals surface area contributed by atoms with Gasteiger partial charge in [-0.15, -0.1) is 24.0 Å². The average molecular weight is 473 g/mol. The lowest BCUT2D eigenvalue weighted by atomic mass is 10.1. The molecule has 1 aromatic carbocycles. The highest BCUT2D eigenvalue weighted by molar-refractivity contribution is 14.0. The van der Waals surface area contributed by atoms with Gasteiger partial charge < -0.3 is 9.47 Å². The number of aromatic nitrogens is 1. The van der Waals surface area contributed by atoms with Crippen molar-refractivity contribution in [3.63, 3.8) is 0 Å². The molecule has 5 heteroatoms. The Morgan fingerprint density at radius 1 is 1.08 bits per heavy atom. The fraction of sp³-hybridized carbons (Fsp3) is 0.450. The van der Waals surface area contributed by atoms with Gasteiger partial charge in [-0.2, -0.15) is 0 Å². The maximum atomic E-state index is 12.7. The van der Waals surface area contributed by atoms with E-state index in [1.54, 1.807) is 0 Å². The Morgan fingerprint density at radius 2 is 1.72 bits per heavy atom. The molecule has 2 aromatic rings. The molecular weight excluding hydrogens is 447 g/mol. The van der Waals surface area contributed by atoms with Crippen LogP contribution in [0, 0.1) is 13.8 Å². The molecule has 136 valence electrons. The van der Waals surface area contributed by atoms with Crippen molar-refractivity contribution >= 4 is 41.4 Å². The Morgan fingerprint density at radius 3 is 2.36 bits per heavy atom. The first-order chi connectivity index (χ1) is 11.6. The van der Waals surface area contributed by atoms with Crippen molar-refractivity contribution in [3.05, 3.63) is 52.3 Å². The second-order valence-electron chi connectivity index (χ2n) is 6.67. The monoisotopic (exact) mass is 472 g/mol. The van der Waals surface area contributed by atoms with E-state index in [9.17, 15) is 4.79 Å². The number of ketones is 1. The van der Waals surface area contributed by atoms with Gasteiger partial charge in [0, 0.05) is 40.6 Å². The maximum Gasteiger partial charge on any atom is 0.165 e. The van der Waals surface area contributed by atoms with Crippen molar-refractivity contribution in [1.29, 1.82) is 0 Å². The third-order valence-corrected chi connectivity index (χ3v) is 5.17. The summed E-state index contributed by atoms with van der Waals surface area (Å²) in [6.07, 6.45) is 4.45. The van der Waals surface area contributed by atoms with Crippen LogP contribution < -0.4 is 0 Å². The fourth-order valence-corrected chi connectivity index (χ4v) is 3.74. The molecule has 2 heterocycles. The highest BCUT2D eigenvalue weighted by atomic mass is 127. The highest BCUT2D eigenvalue weighted by Gasteiger charge is 2.18. The zero-order chi connectivity index (χ0) is 17.1. The van der Waals surface area contributed by atoms with Gasteiger partial charge in [-0.05, 0) is 70.1 Å². The van der Waals surface area contributed by atoms with E-state index in [4.69, 9.17) is 11.6 Å². The van der Waals surface area contributed by atoms with Gasteiger partial charge in [0.05, 0.1) is 0 Å². The molecule has 1 aliphatic heterocycles. The van der Waals surface area contributed by atoms with Gasteiger partial charge in [0.15, 0.2) is 5.78 Å². The largest absolute Gasteiger partial charge is 0.318 e. The molecule has 3 rings (SSSR count). The van der Waals surface area contributed by atoms with Crippen LogP contribution in [0.1, 0.15) is 47.4 Å². The summed E-state index contributed by atoms with van der Waals surface area (Å²) in [5.74, 6) is 0.244. The summed E-state index contributed by atoms with van der Waals surface area (Å²) >= 11 is 5.98. The van der Waals surface area contributed by atoms with Gasteiger partial charge in [-0.1, -0.05) is 18.0 Å². The summed E-state index contributed by atoms with van der Waals surface area (Å²) in [7, 11) is 0. The number of rotatable bonds is 5. The average Bonchev–Trinajstić information content (AvgIpc) is 2.89. The van der Waals surface area contributed by atoms with E-state index in [1.807, 2.05) is 44.2 Å². The van der Waals surface area contributed by atoms with Crippen molar-refractivity contribution in [2.75, 3.05) is 19.6 Å². The van der Waals surface area contributed by atoms with E-state index in [0.29, 0.717) is 6.42 Å². The molecule has 3 nitrogen and oxygen atoms in total. The van der Waals surface area contributed by atoms with Crippen LogP contribution in [0.3, 0.4) is 0 Å². The summed E-state index contributed by atoms with van der Waals surface area (Å²) in [4.78, 5) is 15.1. The van der Waals surface area contributed by atoms with Crippen molar-refractivity contribution in [2.24, 2.45) is 0 Å². The first kappa shape index (κ1) is 20.5. The quantitative estimate of drug-likeness (QED) is 0.429. The van der Waals surface area contributed by atoms with Crippen molar-refractivity contribution in [1.82, 2.24) is 9.47 Å². The lowest BCUT2D eigenvalue weighted by molar-refractivity contribution is 0.0958. The molecule has 0 bridgehead atoms. The molecule has 0 N–H and O–H groups in total. The maximum absolute atomic E-state index is 12.7. The van der Waals surface area contributed by atoms with Gasteiger partial charge in [0.2, 0.25) is 0 Å². The first-order valence-corrected chi connectivity index (χ1v) is 9.14. The molecule has 0 aliphatic carbocycles. The number of piperidine rings is 1.